The number of halogens is 2. The molecule has 8 heteroatoms. The van der Waals surface area contributed by atoms with E-state index in [-0.39, 0.29) is 0 Å². The van der Waals surface area contributed by atoms with Crippen LogP contribution in [0.15, 0.2) is 27.1 Å². The minimum absolute atomic E-state index is 0.295. The summed E-state index contributed by atoms with van der Waals surface area (Å²) in [5.41, 5.74) is 0.0945. The van der Waals surface area contributed by atoms with Gasteiger partial charge in [0.05, 0.1) is 12.0 Å². The van der Waals surface area contributed by atoms with Crippen LogP contribution in [0.25, 0.3) is 11.4 Å². The minimum atomic E-state index is -0.775. The fourth-order valence-electron chi connectivity index (χ4n) is 2.50. The third-order valence-corrected chi connectivity index (χ3v) is 5.10. The summed E-state index contributed by atoms with van der Waals surface area (Å²) < 4.78 is 3.35. The summed E-state index contributed by atoms with van der Waals surface area (Å²) in [7, 11) is 0. The first kappa shape index (κ1) is 14.6. The molecule has 6 nitrogen and oxygen atoms in total. The van der Waals surface area contributed by atoms with E-state index in [1.807, 2.05) is 18.2 Å². The third kappa shape index (κ3) is 2.62. The van der Waals surface area contributed by atoms with Gasteiger partial charge in [-0.15, -0.1) is 5.10 Å². The number of tetrazole rings is 1. The average Bonchev–Trinajstić information content (AvgIpc) is 2.84. The van der Waals surface area contributed by atoms with Crippen molar-refractivity contribution < 1.29 is 9.90 Å². The Labute approximate surface area is 137 Å². The zero-order valence-electron chi connectivity index (χ0n) is 11.0. The first-order valence-electron chi connectivity index (χ1n) is 6.47. The van der Waals surface area contributed by atoms with Crippen molar-refractivity contribution in [2.75, 3.05) is 0 Å². The highest BCUT2D eigenvalue weighted by Gasteiger charge is 2.45. The Bertz CT molecular complexity index is 697. The molecule has 0 saturated heterocycles. The highest BCUT2D eigenvalue weighted by Crippen LogP contribution is 2.43. The molecule has 1 aliphatic carbocycles. The monoisotopic (exact) mass is 414 g/mol. The Hall–Kier alpha value is -1.28. The maximum Gasteiger partial charge on any atom is 0.311 e. The zero-order valence-corrected chi connectivity index (χ0v) is 14.1. The van der Waals surface area contributed by atoms with E-state index >= 15 is 0 Å². The van der Waals surface area contributed by atoms with Gasteiger partial charge >= 0.3 is 5.97 Å². The molecule has 1 saturated carbocycles. The van der Waals surface area contributed by atoms with Crippen molar-refractivity contribution in [3.05, 3.63) is 27.1 Å². The van der Waals surface area contributed by atoms with Crippen LogP contribution in [0, 0.1) is 5.41 Å². The molecular formula is C13H12Br2N4O2. The zero-order chi connectivity index (χ0) is 15.0. The van der Waals surface area contributed by atoms with Gasteiger partial charge in [0.1, 0.15) is 0 Å². The predicted octanol–water partition coefficient (Wildman–Crippen LogP) is 3.12. The lowest BCUT2D eigenvalue weighted by atomic mass is 9.69. The van der Waals surface area contributed by atoms with E-state index in [0.717, 1.165) is 20.9 Å². The smallest absolute Gasteiger partial charge is 0.311 e. The van der Waals surface area contributed by atoms with Crippen LogP contribution in [0.1, 0.15) is 19.3 Å². The van der Waals surface area contributed by atoms with Gasteiger partial charge in [0, 0.05) is 14.5 Å². The second-order valence-corrected chi connectivity index (χ2v) is 6.99. The van der Waals surface area contributed by atoms with Crippen molar-refractivity contribution in [1.29, 1.82) is 0 Å². The van der Waals surface area contributed by atoms with Crippen molar-refractivity contribution in [3.8, 4) is 11.4 Å². The third-order valence-electron chi connectivity index (χ3n) is 3.92. The molecule has 0 amide bonds. The lowest BCUT2D eigenvalue weighted by Gasteiger charge is -2.37. The second-order valence-electron chi connectivity index (χ2n) is 5.22. The number of nitrogens with zero attached hydrogens (tertiary/aromatic N) is 4. The molecule has 21 heavy (non-hydrogen) atoms. The largest absolute Gasteiger partial charge is 0.481 e. The summed E-state index contributed by atoms with van der Waals surface area (Å²) >= 11 is 6.90. The fraction of sp³-hybridized carbons (Fsp3) is 0.385. The van der Waals surface area contributed by atoms with Crippen molar-refractivity contribution in [1.82, 2.24) is 20.2 Å². The maximum atomic E-state index is 11.5. The molecule has 2 aromatic rings. The molecule has 0 radical (unpaired) electrons. The highest BCUT2D eigenvalue weighted by atomic mass is 79.9. The summed E-state index contributed by atoms with van der Waals surface area (Å²) in [5.74, 6) is -0.209. The number of hydrogen-bond acceptors (Lipinski definition) is 4. The predicted molar refractivity (Wildman–Crippen MR) is 82.6 cm³/mol. The van der Waals surface area contributed by atoms with Gasteiger partial charge in [0.25, 0.3) is 0 Å². The van der Waals surface area contributed by atoms with Crippen LogP contribution in [-0.2, 0) is 11.3 Å². The molecule has 1 fully saturated rings. The molecule has 0 bridgehead atoms. The van der Waals surface area contributed by atoms with E-state index in [1.165, 1.54) is 0 Å². The topological polar surface area (TPSA) is 80.9 Å². The fourth-order valence-corrected chi connectivity index (χ4v) is 3.29. The standard InChI is InChI=1S/C13H12Br2N4O2/c14-8-2-3-10(15)9(6-8)11-16-17-18-19(11)7-13(12(20)21)4-1-5-13/h2-3,6H,1,4-5,7H2,(H,20,21). The van der Waals surface area contributed by atoms with Gasteiger partial charge in [-0.05, 0) is 41.5 Å². The molecule has 1 heterocycles. The summed E-state index contributed by atoms with van der Waals surface area (Å²) in [6.45, 7) is 0.295. The van der Waals surface area contributed by atoms with Crippen molar-refractivity contribution in [2.24, 2.45) is 5.41 Å². The average molecular weight is 416 g/mol. The Balaban J connectivity index is 1.98. The molecule has 1 aromatic heterocycles. The highest BCUT2D eigenvalue weighted by molar-refractivity contribution is 9.11. The SMILES string of the molecule is O=C(O)C1(Cn2nnnc2-c2cc(Br)ccc2Br)CCC1. The van der Waals surface area contributed by atoms with E-state index in [9.17, 15) is 9.90 Å². The number of carboxylic acids is 1. The van der Waals surface area contributed by atoms with Crippen LogP contribution in [0.4, 0.5) is 0 Å². The van der Waals surface area contributed by atoms with Crippen LogP contribution < -0.4 is 0 Å². The summed E-state index contributed by atoms with van der Waals surface area (Å²) in [4.78, 5) is 11.5. The van der Waals surface area contributed by atoms with Crippen molar-refractivity contribution in [2.45, 2.75) is 25.8 Å². The lowest BCUT2D eigenvalue weighted by Crippen LogP contribution is -2.42. The van der Waals surface area contributed by atoms with Crippen molar-refractivity contribution in [3.63, 3.8) is 0 Å². The quantitative estimate of drug-likeness (QED) is 0.829. The minimum Gasteiger partial charge on any atom is -0.481 e. The molecule has 0 aliphatic heterocycles. The van der Waals surface area contributed by atoms with E-state index in [4.69, 9.17) is 0 Å². The van der Waals surface area contributed by atoms with E-state index in [0.29, 0.717) is 25.2 Å². The molecule has 1 N–H and O–H groups in total. The molecular weight excluding hydrogens is 404 g/mol. The van der Waals surface area contributed by atoms with Crippen LogP contribution in [0.5, 0.6) is 0 Å². The second kappa shape index (κ2) is 5.49. The van der Waals surface area contributed by atoms with Crippen LogP contribution in [0.3, 0.4) is 0 Å². The van der Waals surface area contributed by atoms with Gasteiger partial charge in [-0.3, -0.25) is 4.79 Å². The molecule has 3 rings (SSSR count). The molecule has 110 valence electrons. The molecule has 0 atom stereocenters. The van der Waals surface area contributed by atoms with Gasteiger partial charge in [0.2, 0.25) is 0 Å². The van der Waals surface area contributed by atoms with E-state index in [2.05, 4.69) is 47.4 Å². The maximum absolute atomic E-state index is 11.5. The summed E-state index contributed by atoms with van der Waals surface area (Å²) in [6.07, 6.45) is 2.27. The van der Waals surface area contributed by atoms with Crippen LogP contribution >= 0.6 is 31.9 Å². The molecule has 0 spiro atoms. The summed E-state index contributed by atoms with van der Waals surface area (Å²) in [5, 5.41) is 21.2. The number of carbonyl (C=O) groups is 1. The first-order chi connectivity index (χ1) is 10.0. The Morgan fingerprint density at radius 2 is 2.14 bits per heavy atom. The van der Waals surface area contributed by atoms with Gasteiger partial charge in [-0.25, -0.2) is 4.68 Å². The Morgan fingerprint density at radius 3 is 2.76 bits per heavy atom. The Kier molecular flexibility index (Phi) is 3.83. The Morgan fingerprint density at radius 1 is 1.38 bits per heavy atom. The van der Waals surface area contributed by atoms with Crippen LogP contribution in [-0.4, -0.2) is 31.3 Å². The molecule has 1 aromatic carbocycles. The van der Waals surface area contributed by atoms with Crippen LogP contribution in [0.2, 0.25) is 0 Å². The van der Waals surface area contributed by atoms with Gasteiger partial charge < -0.3 is 5.11 Å². The number of rotatable bonds is 4. The number of carboxylic acid groups (broad SMARTS) is 1. The summed E-state index contributed by atoms with van der Waals surface area (Å²) in [6, 6.07) is 5.71. The van der Waals surface area contributed by atoms with Gasteiger partial charge in [-0.2, -0.15) is 0 Å². The number of aromatic nitrogens is 4. The first-order valence-corrected chi connectivity index (χ1v) is 8.05. The number of aliphatic carboxylic acids is 1. The number of benzene rings is 1. The molecule has 0 unspecified atom stereocenters. The molecule has 1 aliphatic rings. The normalized spacial score (nSPS) is 16.5. The lowest BCUT2D eigenvalue weighted by molar-refractivity contribution is -0.156. The number of hydrogen-bond donors (Lipinski definition) is 1. The van der Waals surface area contributed by atoms with E-state index in [1.54, 1.807) is 4.68 Å². The van der Waals surface area contributed by atoms with Crippen molar-refractivity contribution >= 4 is 37.8 Å². The van der Waals surface area contributed by atoms with E-state index < -0.39 is 11.4 Å². The van der Waals surface area contributed by atoms with Gasteiger partial charge in [0.15, 0.2) is 5.82 Å². The van der Waals surface area contributed by atoms with Gasteiger partial charge in [-0.1, -0.05) is 38.3 Å².